The SMILES string of the molecule is CN(C)P(=Nc1ccc(N=P(N(C)C)(N(C)C)N(C)C)c2c(N=P(N(C)C)(N(C)C)N(C)C)ccc(N=P(N(C)C)(N(C)C)N(C)C)c12)(N(C)C)N(C)C. The van der Waals surface area contributed by atoms with E-state index < -0.39 is 30.0 Å². The molecule has 0 saturated heterocycles. The van der Waals surface area contributed by atoms with Crippen molar-refractivity contribution in [2.24, 2.45) is 19.0 Å². The number of nitrogens with zero attached hydrogens (tertiary/aromatic N) is 16. The van der Waals surface area contributed by atoms with Gasteiger partial charge in [0.1, 0.15) is 0 Å². The highest BCUT2D eigenvalue weighted by molar-refractivity contribution is 7.60. The van der Waals surface area contributed by atoms with Gasteiger partial charge >= 0.3 is 0 Å². The highest BCUT2D eigenvalue weighted by Gasteiger charge is 2.35. The smallest absolute Gasteiger partial charge is 0.171 e. The summed E-state index contributed by atoms with van der Waals surface area (Å²) in [6.07, 6.45) is 0. The number of hydrogen-bond donors (Lipinski definition) is 0. The van der Waals surface area contributed by atoms with E-state index in [0.717, 1.165) is 33.5 Å². The van der Waals surface area contributed by atoms with Crippen LogP contribution in [0.4, 0.5) is 22.7 Å². The topological polar surface area (TPSA) is 88.3 Å². The summed E-state index contributed by atoms with van der Waals surface area (Å²) in [5.41, 5.74) is 3.41. The van der Waals surface area contributed by atoms with Crippen LogP contribution in [0.2, 0.25) is 0 Å². The van der Waals surface area contributed by atoms with Crippen LogP contribution in [0.15, 0.2) is 43.2 Å². The molecule has 0 radical (unpaired) electrons. The first-order chi connectivity index (χ1) is 24.7. The quantitative estimate of drug-likeness (QED) is 0.154. The minimum Gasteiger partial charge on any atom is -0.252 e. The van der Waals surface area contributed by atoms with Crippen molar-refractivity contribution in [1.29, 1.82) is 0 Å². The fraction of sp³-hybridized carbons (Fsp3) is 0.706. The second-order valence-electron chi connectivity index (χ2n) is 15.7. The van der Waals surface area contributed by atoms with Crippen molar-refractivity contribution in [3.63, 3.8) is 0 Å². The Labute approximate surface area is 331 Å². The molecule has 2 aromatic carbocycles. The fourth-order valence-electron chi connectivity index (χ4n) is 7.70. The van der Waals surface area contributed by atoms with Crippen molar-refractivity contribution in [3.8, 4) is 0 Å². The molecule has 16 nitrogen and oxygen atoms in total. The molecule has 0 unspecified atom stereocenters. The van der Waals surface area contributed by atoms with Gasteiger partial charge in [0.2, 0.25) is 0 Å². The first kappa shape index (κ1) is 49.3. The number of rotatable bonds is 16. The molecule has 0 fully saturated rings. The maximum Gasteiger partial charge on any atom is 0.171 e. The van der Waals surface area contributed by atoms with Crippen LogP contribution in [0.1, 0.15) is 0 Å². The number of fused-ring (bicyclic) bond motifs is 1. The first-order valence-electron chi connectivity index (χ1n) is 17.9. The van der Waals surface area contributed by atoms with E-state index in [1.807, 2.05) is 0 Å². The Balaban J connectivity index is 3.88. The lowest BCUT2D eigenvalue weighted by Gasteiger charge is -2.42. The molecule has 0 aliphatic heterocycles. The molecule has 0 heterocycles. The van der Waals surface area contributed by atoms with Gasteiger partial charge in [0.25, 0.3) is 0 Å². The van der Waals surface area contributed by atoms with Crippen molar-refractivity contribution < 1.29 is 0 Å². The lowest BCUT2D eigenvalue weighted by Crippen LogP contribution is -2.30. The van der Waals surface area contributed by atoms with E-state index in [-0.39, 0.29) is 0 Å². The van der Waals surface area contributed by atoms with Gasteiger partial charge in [-0.25, -0.2) is 19.0 Å². The summed E-state index contributed by atoms with van der Waals surface area (Å²) in [6.45, 7) is 0. The van der Waals surface area contributed by atoms with Gasteiger partial charge in [-0.15, -0.1) is 0 Å². The second kappa shape index (κ2) is 18.8. The van der Waals surface area contributed by atoms with Crippen LogP contribution in [0.25, 0.3) is 10.8 Å². The molecule has 0 atom stereocenters. The van der Waals surface area contributed by atoms with Gasteiger partial charge in [0, 0.05) is 10.8 Å². The molecule has 0 amide bonds. The monoisotopic (exact) mass is 833 g/mol. The van der Waals surface area contributed by atoms with Crippen LogP contribution in [-0.2, 0) is 0 Å². The summed E-state index contributed by atoms with van der Waals surface area (Å²) in [4.78, 5) is 0. The van der Waals surface area contributed by atoms with Gasteiger partial charge in [-0.05, 0) is 193 Å². The molecule has 54 heavy (non-hydrogen) atoms. The minimum absolute atomic E-state index is 0.852. The van der Waals surface area contributed by atoms with Gasteiger partial charge in [-0.1, -0.05) is 0 Å². The second-order valence-corrected chi connectivity index (χ2v) is 30.4. The van der Waals surface area contributed by atoms with E-state index >= 15 is 0 Å². The molecule has 2 rings (SSSR count). The molecular weight excluding hydrogens is 756 g/mol. The van der Waals surface area contributed by atoms with Crippen LogP contribution in [-0.4, -0.2) is 225 Å². The van der Waals surface area contributed by atoms with Crippen molar-refractivity contribution in [2.45, 2.75) is 0 Å². The molecule has 0 aliphatic rings. The van der Waals surface area contributed by atoms with Gasteiger partial charge in [0.15, 0.2) is 30.0 Å². The molecule has 0 aromatic heterocycles. The van der Waals surface area contributed by atoms with Crippen LogP contribution in [0.3, 0.4) is 0 Å². The van der Waals surface area contributed by atoms with E-state index in [4.69, 9.17) is 19.0 Å². The van der Waals surface area contributed by atoms with Gasteiger partial charge in [-0.2, -0.15) is 0 Å². The molecule has 0 bridgehead atoms. The zero-order chi connectivity index (χ0) is 42.0. The molecule has 312 valence electrons. The molecule has 0 aliphatic carbocycles. The van der Waals surface area contributed by atoms with Crippen LogP contribution >= 0.6 is 30.0 Å². The lowest BCUT2D eigenvalue weighted by molar-refractivity contribution is 0.474. The van der Waals surface area contributed by atoms with Crippen LogP contribution in [0, 0.1) is 0 Å². The molecule has 0 N–H and O–H groups in total. The Morgan fingerprint density at radius 2 is 0.352 bits per heavy atom. The lowest BCUT2D eigenvalue weighted by atomic mass is 10.0. The third-order valence-corrected chi connectivity index (χ3v) is 24.3. The average molecular weight is 833 g/mol. The van der Waals surface area contributed by atoms with Gasteiger partial charge in [0.05, 0.1) is 22.7 Å². The fourth-order valence-corrected chi connectivity index (χ4v) is 20.3. The first-order valence-corrected chi connectivity index (χ1v) is 24.3. The highest BCUT2D eigenvalue weighted by Crippen LogP contribution is 2.65. The Hall–Kier alpha value is -0.860. The third kappa shape index (κ3) is 8.76. The number of benzene rings is 2. The predicted molar refractivity (Wildman–Crippen MR) is 244 cm³/mol. The number of hydrogen-bond acceptors (Lipinski definition) is 4. The van der Waals surface area contributed by atoms with Crippen LogP contribution in [0.5, 0.6) is 0 Å². The van der Waals surface area contributed by atoms with Crippen molar-refractivity contribution in [1.82, 2.24) is 56.0 Å². The van der Waals surface area contributed by atoms with Crippen molar-refractivity contribution in [2.75, 3.05) is 169 Å². The predicted octanol–water partition coefficient (Wildman–Crippen LogP) is 7.89. The van der Waals surface area contributed by atoms with E-state index in [9.17, 15) is 0 Å². The maximum absolute atomic E-state index is 5.80. The molecule has 0 spiro atoms. The standard InChI is InChI=1S/C34H76N16P4/c1-39(2)51(40(3)4,41(5)6)35-29-25-26-31(37-53(45(13)14,46(15)16)47(17)18)34-32(38-54(48(19)20,49(21)22)50(23)24)28-27-30(33(29)34)36-52(42(7)8,43(9)10)44(11)12/h25-28H,1-24H3. The third-order valence-electron chi connectivity index (χ3n) is 9.48. The summed E-state index contributed by atoms with van der Waals surface area (Å²) in [5, 5.41) is 1.87. The average Bonchev–Trinajstić information content (AvgIpc) is 3.02. The maximum atomic E-state index is 5.80. The summed E-state index contributed by atoms with van der Waals surface area (Å²) in [5.74, 6) is 0. The van der Waals surface area contributed by atoms with E-state index in [2.05, 4.69) is 249 Å². The van der Waals surface area contributed by atoms with E-state index in [1.54, 1.807) is 0 Å². The normalized spacial score (nSPS) is 14.1. The van der Waals surface area contributed by atoms with E-state index in [1.165, 1.54) is 0 Å². The van der Waals surface area contributed by atoms with Gasteiger partial charge in [-0.3, -0.25) is 56.0 Å². The zero-order valence-corrected chi connectivity index (χ0v) is 41.8. The summed E-state index contributed by atoms with van der Waals surface area (Å²) >= 11 is 0. The molecule has 20 heteroatoms. The van der Waals surface area contributed by atoms with E-state index in [0.29, 0.717) is 0 Å². The summed E-state index contributed by atoms with van der Waals surface area (Å²) in [6, 6.07) is 8.60. The van der Waals surface area contributed by atoms with Gasteiger partial charge < -0.3 is 0 Å². The Morgan fingerprint density at radius 1 is 0.241 bits per heavy atom. The summed E-state index contributed by atoms with van der Waals surface area (Å²) < 4.78 is 50.2. The Bertz CT molecular complexity index is 1450. The zero-order valence-electron chi connectivity index (χ0n) is 38.3. The summed E-state index contributed by atoms with van der Waals surface area (Å²) in [7, 11) is 41.1. The minimum atomic E-state index is -2.41. The molecule has 2 aromatic rings. The van der Waals surface area contributed by atoms with Crippen molar-refractivity contribution in [3.05, 3.63) is 24.3 Å². The molecular formula is C34H76N16P4. The molecule has 0 saturated carbocycles. The highest BCUT2D eigenvalue weighted by atomic mass is 31.2. The van der Waals surface area contributed by atoms with Crippen molar-refractivity contribution >= 4 is 63.5 Å². The Morgan fingerprint density at radius 3 is 0.444 bits per heavy atom. The Kier molecular flexibility index (Phi) is 17.2. The largest absolute Gasteiger partial charge is 0.252 e. The van der Waals surface area contributed by atoms with Crippen LogP contribution < -0.4 is 0 Å².